The molecular weight excluding hydrogens is 360 g/mol. The van der Waals surface area contributed by atoms with Crippen LogP contribution in [0.15, 0.2) is 71.0 Å². The maximum absolute atomic E-state index is 13.2. The molecule has 0 saturated carbocycles. The van der Waals surface area contributed by atoms with Crippen molar-refractivity contribution >= 4 is 25.5 Å². The topological polar surface area (TPSA) is 95.3 Å². The molecule has 1 heterocycles. The lowest BCUT2D eigenvalue weighted by Crippen LogP contribution is -2.41. The quantitative estimate of drug-likeness (QED) is 0.816. The Bertz CT molecular complexity index is 1070. The molecule has 0 saturated heterocycles. The number of nitriles is 1. The van der Waals surface area contributed by atoms with Gasteiger partial charge in [-0.2, -0.15) is 5.26 Å². The van der Waals surface area contributed by atoms with E-state index in [4.69, 9.17) is 5.26 Å². The molecule has 128 valence electrons. The Morgan fingerprint density at radius 3 is 2.40 bits per heavy atom. The minimum atomic E-state index is -4.05. The summed E-state index contributed by atoms with van der Waals surface area (Å²) in [6.07, 6.45) is 1.37. The summed E-state index contributed by atoms with van der Waals surface area (Å²) in [4.78, 5) is -0.0619. The zero-order chi connectivity index (χ0) is 18.1. The molecule has 1 aliphatic rings. The minimum absolute atomic E-state index is 0.0619. The van der Waals surface area contributed by atoms with Gasteiger partial charge in [-0.3, -0.25) is 4.31 Å². The summed E-state index contributed by atoms with van der Waals surface area (Å²) in [6, 6.07) is 15.0. The molecule has 0 bridgehead atoms. The van der Waals surface area contributed by atoms with Gasteiger partial charge in [-0.15, -0.1) is 0 Å². The van der Waals surface area contributed by atoms with Gasteiger partial charge in [0.25, 0.3) is 10.0 Å². The zero-order valence-electron chi connectivity index (χ0n) is 13.0. The highest BCUT2D eigenvalue weighted by atomic mass is 32.2. The zero-order valence-corrected chi connectivity index (χ0v) is 14.6. The first kappa shape index (κ1) is 17.2. The number of benzene rings is 2. The lowest BCUT2D eigenvalue weighted by molar-refractivity contribution is 0.586. The summed E-state index contributed by atoms with van der Waals surface area (Å²) in [6.45, 7) is 0. The van der Waals surface area contributed by atoms with Crippen LogP contribution in [-0.4, -0.2) is 28.6 Å². The maximum Gasteiger partial charge on any atom is 0.264 e. The number of sulfone groups is 1. The van der Waals surface area contributed by atoms with Crippen molar-refractivity contribution in [3.63, 3.8) is 0 Å². The molecule has 6 nitrogen and oxygen atoms in total. The van der Waals surface area contributed by atoms with Crippen LogP contribution in [0, 0.1) is 11.3 Å². The van der Waals surface area contributed by atoms with Crippen molar-refractivity contribution in [2.24, 2.45) is 0 Å². The average molecular weight is 374 g/mol. The number of nitrogens with zero attached hydrogens (tertiary/aromatic N) is 2. The summed E-state index contributed by atoms with van der Waals surface area (Å²) in [5.41, 5.74) is 0.570. The van der Waals surface area contributed by atoms with Gasteiger partial charge in [0, 0.05) is 5.41 Å². The average Bonchev–Trinajstić information content (AvgIpc) is 2.95. The van der Waals surface area contributed by atoms with Crippen molar-refractivity contribution in [1.82, 2.24) is 0 Å². The highest BCUT2D eigenvalue weighted by Gasteiger charge is 2.35. The van der Waals surface area contributed by atoms with E-state index < -0.39 is 25.9 Å². The molecule has 0 amide bonds. The molecule has 0 fully saturated rings. The number of anilines is 1. The number of sulfonamides is 1. The molecule has 0 aliphatic carbocycles. The summed E-state index contributed by atoms with van der Waals surface area (Å²) < 4.78 is 51.0. The van der Waals surface area contributed by atoms with Crippen LogP contribution in [0.1, 0.15) is 5.56 Å². The molecule has 0 spiro atoms. The van der Waals surface area contributed by atoms with E-state index in [1.54, 1.807) is 30.3 Å². The van der Waals surface area contributed by atoms with E-state index in [9.17, 15) is 16.8 Å². The molecule has 1 aliphatic heterocycles. The molecule has 0 radical (unpaired) electrons. The van der Waals surface area contributed by atoms with Crippen molar-refractivity contribution < 1.29 is 16.8 Å². The van der Waals surface area contributed by atoms with E-state index in [0.717, 1.165) is 9.71 Å². The molecule has 2 aromatic carbocycles. The molecule has 0 unspecified atom stereocenters. The predicted molar refractivity (Wildman–Crippen MR) is 94.0 cm³/mol. The van der Waals surface area contributed by atoms with Crippen LogP contribution >= 0.6 is 0 Å². The van der Waals surface area contributed by atoms with E-state index in [2.05, 4.69) is 0 Å². The molecular formula is C17H14N2O4S2. The monoisotopic (exact) mass is 374 g/mol. The van der Waals surface area contributed by atoms with E-state index in [-0.39, 0.29) is 16.2 Å². The highest BCUT2D eigenvalue weighted by Crippen LogP contribution is 2.29. The van der Waals surface area contributed by atoms with Gasteiger partial charge in [0.15, 0.2) is 9.84 Å². The molecule has 0 aromatic heterocycles. The third kappa shape index (κ3) is 3.43. The second kappa shape index (κ2) is 6.35. The van der Waals surface area contributed by atoms with Crippen LogP contribution in [0.25, 0.3) is 0 Å². The van der Waals surface area contributed by atoms with Crippen LogP contribution in [0.2, 0.25) is 0 Å². The Labute approximate surface area is 146 Å². The second-order valence-corrected chi connectivity index (χ2v) is 9.25. The van der Waals surface area contributed by atoms with E-state index in [1.165, 1.54) is 30.3 Å². The number of hydrogen-bond donors (Lipinski definition) is 0. The van der Waals surface area contributed by atoms with Crippen LogP contribution in [0.4, 0.5) is 5.69 Å². The molecule has 8 heteroatoms. The van der Waals surface area contributed by atoms with Crippen molar-refractivity contribution in [3.05, 3.63) is 71.6 Å². The Hall–Kier alpha value is -2.63. The van der Waals surface area contributed by atoms with Crippen LogP contribution < -0.4 is 4.31 Å². The third-order valence-corrected chi connectivity index (χ3v) is 6.97. The predicted octanol–water partition coefficient (Wildman–Crippen LogP) is 2.06. The van der Waals surface area contributed by atoms with Crippen molar-refractivity contribution in [2.45, 2.75) is 10.9 Å². The summed E-state index contributed by atoms with van der Waals surface area (Å²) >= 11 is 0. The Morgan fingerprint density at radius 2 is 1.80 bits per heavy atom. The molecule has 2 aromatic rings. The van der Waals surface area contributed by atoms with Crippen LogP contribution in [-0.2, 0) is 19.9 Å². The molecule has 1 atom stereocenters. The number of hydrogen-bond acceptors (Lipinski definition) is 5. The summed E-state index contributed by atoms with van der Waals surface area (Å²) in [5.74, 6) is -0.320. The van der Waals surface area contributed by atoms with Gasteiger partial charge in [-0.25, -0.2) is 16.8 Å². The van der Waals surface area contributed by atoms with Gasteiger partial charge in [0.2, 0.25) is 0 Å². The minimum Gasteiger partial charge on any atom is -0.258 e. The maximum atomic E-state index is 13.2. The fourth-order valence-corrected chi connectivity index (χ4v) is 5.65. The van der Waals surface area contributed by atoms with Gasteiger partial charge in [-0.05, 0) is 36.4 Å². The summed E-state index contributed by atoms with van der Waals surface area (Å²) in [5, 5.41) is 10.1. The standard InChI is InChI=1S/C17H14N2O4S2/c18-12-14-5-4-8-17(11-14)25(22,23)19(15-6-2-1-3-7-15)16-9-10-24(20,21)13-16/h1-11,16H,13H2/t16-/m0/s1. The van der Waals surface area contributed by atoms with Crippen LogP contribution in [0.3, 0.4) is 0 Å². The van der Waals surface area contributed by atoms with E-state index >= 15 is 0 Å². The molecule has 25 heavy (non-hydrogen) atoms. The number of para-hydroxylation sites is 1. The molecule has 0 N–H and O–H groups in total. The van der Waals surface area contributed by atoms with Crippen molar-refractivity contribution in [2.75, 3.05) is 10.1 Å². The van der Waals surface area contributed by atoms with Crippen molar-refractivity contribution in [3.8, 4) is 6.07 Å². The first-order valence-electron chi connectivity index (χ1n) is 7.34. The summed E-state index contributed by atoms with van der Waals surface area (Å²) in [7, 11) is -7.50. The first-order valence-corrected chi connectivity index (χ1v) is 10.5. The van der Waals surface area contributed by atoms with E-state index in [1.807, 2.05) is 6.07 Å². The smallest absolute Gasteiger partial charge is 0.258 e. The second-order valence-electron chi connectivity index (χ2n) is 5.50. The Kier molecular flexibility index (Phi) is 4.37. The SMILES string of the molecule is N#Cc1cccc(S(=O)(=O)N(c2ccccc2)[C@H]2C=CS(=O)(=O)C2)c1. The number of rotatable bonds is 4. The van der Waals surface area contributed by atoms with Gasteiger partial charge in [0.05, 0.1) is 34.0 Å². The largest absolute Gasteiger partial charge is 0.264 e. The Morgan fingerprint density at radius 1 is 1.08 bits per heavy atom. The lowest BCUT2D eigenvalue weighted by Gasteiger charge is -2.29. The fraction of sp³-hybridized carbons (Fsp3) is 0.118. The van der Waals surface area contributed by atoms with Crippen LogP contribution in [0.5, 0.6) is 0 Å². The van der Waals surface area contributed by atoms with Crippen molar-refractivity contribution in [1.29, 1.82) is 5.26 Å². The van der Waals surface area contributed by atoms with Gasteiger partial charge < -0.3 is 0 Å². The normalized spacial score (nSPS) is 18.6. The Balaban J connectivity index is 2.14. The molecule has 3 rings (SSSR count). The lowest BCUT2D eigenvalue weighted by atomic mass is 10.2. The van der Waals surface area contributed by atoms with Gasteiger partial charge in [-0.1, -0.05) is 24.3 Å². The fourth-order valence-electron chi connectivity index (χ4n) is 2.63. The highest BCUT2D eigenvalue weighted by molar-refractivity contribution is 7.95. The van der Waals surface area contributed by atoms with E-state index in [0.29, 0.717) is 5.69 Å². The third-order valence-electron chi connectivity index (χ3n) is 3.74. The van der Waals surface area contributed by atoms with Gasteiger partial charge in [0.1, 0.15) is 0 Å². The first-order chi connectivity index (χ1) is 11.8. The van der Waals surface area contributed by atoms with Gasteiger partial charge >= 0.3 is 0 Å².